The second-order valence-corrected chi connectivity index (χ2v) is 6.74. The van der Waals surface area contributed by atoms with Crippen molar-refractivity contribution in [1.29, 1.82) is 0 Å². The van der Waals surface area contributed by atoms with E-state index in [0.29, 0.717) is 44.2 Å². The van der Waals surface area contributed by atoms with Crippen molar-refractivity contribution in [2.75, 3.05) is 32.9 Å². The molecule has 3 heterocycles. The molecule has 0 spiro atoms. The van der Waals surface area contributed by atoms with E-state index in [9.17, 15) is 9.18 Å². The molecule has 2 aliphatic rings. The molecule has 0 aliphatic carbocycles. The molecule has 0 unspecified atom stereocenters. The number of ether oxygens (including phenoxy) is 2. The standard InChI is InChI=1S/C19H19FN2O3/c20-16-5-3-14(4-6-16)18(23)22-9-15-10-24-12-19(15,11-22)13-25-17-2-1-7-21-8-17/h1-8,15H,9-13H2/t15-,19+/m1/s1. The van der Waals surface area contributed by atoms with Gasteiger partial charge in [0.05, 0.1) is 31.4 Å². The van der Waals surface area contributed by atoms with Crippen LogP contribution in [0.1, 0.15) is 10.4 Å². The molecule has 2 fully saturated rings. The molecule has 130 valence electrons. The number of nitrogens with zero attached hydrogens (tertiary/aromatic N) is 2. The van der Waals surface area contributed by atoms with Gasteiger partial charge in [0.15, 0.2) is 0 Å². The van der Waals surface area contributed by atoms with E-state index in [2.05, 4.69) is 4.98 Å². The lowest BCUT2D eigenvalue weighted by Gasteiger charge is -2.27. The minimum absolute atomic E-state index is 0.0739. The number of carbonyl (C=O) groups excluding carboxylic acids is 1. The quantitative estimate of drug-likeness (QED) is 0.856. The van der Waals surface area contributed by atoms with Gasteiger partial charge in [-0.1, -0.05) is 0 Å². The van der Waals surface area contributed by atoms with Gasteiger partial charge in [-0.15, -0.1) is 0 Å². The van der Waals surface area contributed by atoms with Crippen molar-refractivity contribution >= 4 is 5.91 Å². The number of halogens is 1. The number of pyridine rings is 1. The molecule has 2 atom stereocenters. The Bertz CT molecular complexity index is 753. The van der Waals surface area contributed by atoms with E-state index in [0.717, 1.165) is 0 Å². The van der Waals surface area contributed by atoms with E-state index < -0.39 is 0 Å². The van der Waals surface area contributed by atoms with Gasteiger partial charge in [-0.3, -0.25) is 9.78 Å². The van der Waals surface area contributed by atoms with Gasteiger partial charge >= 0.3 is 0 Å². The average Bonchev–Trinajstić information content (AvgIpc) is 3.18. The fourth-order valence-corrected chi connectivity index (χ4v) is 3.63. The summed E-state index contributed by atoms with van der Waals surface area (Å²) in [4.78, 5) is 18.6. The van der Waals surface area contributed by atoms with E-state index in [-0.39, 0.29) is 23.1 Å². The maximum absolute atomic E-state index is 13.1. The molecule has 5 nitrogen and oxygen atoms in total. The van der Waals surface area contributed by atoms with Gasteiger partial charge in [0.25, 0.3) is 5.91 Å². The summed E-state index contributed by atoms with van der Waals surface area (Å²) in [6.45, 7) is 2.89. The summed E-state index contributed by atoms with van der Waals surface area (Å²) < 4.78 is 24.7. The number of benzene rings is 1. The fourth-order valence-electron chi connectivity index (χ4n) is 3.63. The van der Waals surface area contributed by atoms with Crippen molar-refractivity contribution < 1.29 is 18.7 Å². The van der Waals surface area contributed by atoms with Crippen molar-refractivity contribution in [1.82, 2.24) is 9.88 Å². The second-order valence-electron chi connectivity index (χ2n) is 6.74. The van der Waals surface area contributed by atoms with Gasteiger partial charge in [-0.05, 0) is 36.4 Å². The zero-order valence-electron chi connectivity index (χ0n) is 13.7. The molecule has 2 aromatic rings. The normalized spacial score (nSPS) is 25.0. The maximum Gasteiger partial charge on any atom is 0.253 e. The van der Waals surface area contributed by atoms with Gasteiger partial charge in [0.1, 0.15) is 11.6 Å². The highest BCUT2D eigenvalue weighted by molar-refractivity contribution is 5.94. The highest BCUT2D eigenvalue weighted by atomic mass is 19.1. The number of hydrogen-bond acceptors (Lipinski definition) is 4. The lowest BCUT2D eigenvalue weighted by molar-refractivity contribution is 0.0659. The molecule has 1 aromatic carbocycles. The minimum atomic E-state index is -0.343. The van der Waals surface area contributed by atoms with Crippen LogP contribution in [-0.2, 0) is 4.74 Å². The summed E-state index contributed by atoms with van der Waals surface area (Å²) in [7, 11) is 0. The zero-order chi connectivity index (χ0) is 17.3. The van der Waals surface area contributed by atoms with E-state index in [1.165, 1.54) is 24.3 Å². The first-order valence-corrected chi connectivity index (χ1v) is 8.32. The van der Waals surface area contributed by atoms with Crippen molar-refractivity contribution in [3.05, 3.63) is 60.2 Å². The highest BCUT2D eigenvalue weighted by Gasteiger charge is 2.52. The van der Waals surface area contributed by atoms with Crippen LogP contribution in [0.15, 0.2) is 48.8 Å². The Kier molecular flexibility index (Phi) is 4.13. The Morgan fingerprint density at radius 3 is 2.96 bits per heavy atom. The Morgan fingerprint density at radius 2 is 2.20 bits per heavy atom. The molecule has 4 rings (SSSR count). The second kappa shape index (κ2) is 6.44. The first-order valence-electron chi connectivity index (χ1n) is 8.32. The third-order valence-corrected chi connectivity index (χ3v) is 5.06. The SMILES string of the molecule is O=C(c1ccc(F)cc1)N1C[C@@H]2COC[C@]2(COc2cccnc2)C1. The number of amides is 1. The number of likely N-dealkylation sites (tertiary alicyclic amines) is 1. The number of hydrogen-bond donors (Lipinski definition) is 0. The predicted molar refractivity (Wildman–Crippen MR) is 88.8 cm³/mol. The van der Waals surface area contributed by atoms with Gasteiger partial charge in [0, 0.05) is 30.8 Å². The number of carbonyl (C=O) groups is 1. The van der Waals surface area contributed by atoms with Crippen LogP contribution in [0.4, 0.5) is 4.39 Å². The van der Waals surface area contributed by atoms with E-state index in [1.54, 1.807) is 12.4 Å². The van der Waals surface area contributed by atoms with E-state index in [4.69, 9.17) is 9.47 Å². The van der Waals surface area contributed by atoms with Crippen LogP contribution in [0.2, 0.25) is 0 Å². The summed E-state index contributed by atoms with van der Waals surface area (Å²) in [5.41, 5.74) is 0.302. The van der Waals surface area contributed by atoms with Crippen molar-refractivity contribution in [3.63, 3.8) is 0 Å². The first-order chi connectivity index (χ1) is 12.2. The maximum atomic E-state index is 13.1. The third-order valence-electron chi connectivity index (χ3n) is 5.06. The molecule has 6 heteroatoms. The summed E-state index contributed by atoms with van der Waals surface area (Å²) in [6.07, 6.45) is 3.38. The molecule has 2 saturated heterocycles. The topological polar surface area (TPSA) is 51.7 Å². The van der Waals surface area contributed by atoms with Crippen molar-refractivity contribution in [2.24, 2.45) is 11.3 Å². The highest BCUT2D eigenvalue weighted by Crippen LogP contribution is 2.42. The molecular weight excluding hydrogens is 323 g/mol. The Morgan fingerprint density at radius 1 is 1.36 bits per heavy atom. The zero-order valence-corrected chi connectivity index (χ0v) is 13.7. The minimum Gasteiger partial charge on any atom is -0.491 e. The molecule has 2 aliphatic heterocycles. The van der Waals surface area contributed by atoms with Crippen molar-refractivity contribution in [3.8, 4) is 5.75 Å². The molecule has 0 N–H and O–H groups in total. The van der Waals surface area contributed by atoms with Crippen molar-refractivity contribution in [2.45, 2.75) is 0 Å². The van der Waals surface area contributed by atoms with Gasteiger partial charge in [-0.25, -0.2) is 4.39 Å². The number of rotatable bonds is 4. The smallest absolute Gasteiger partial charge is 0.253 e. The van der Waals surface area contributed by atoms with Crippen LogP contribution in [0.3, 0.4) is 0 Å². The lowest BCUT2D eigenvalue weighted by Crippen LogP contribution is -2.38. The Balaban J connectivity index is 1.47. The summed E-state index contributed by atoms with van der Waals surface area (Å²) >= 11 is 0. The van der Waals surface area contributed by atoms with E-state index >= 15 is 0 Å². The first kappa shape index (κ1) is 16.0. The van der Waals surface area contributed by atoms with Crippen LogP contribution in [0.5, 0.6) is 5.75 Å². The average molecular weight is 342 g/mol. The van der Waals surface area contributed by atoms with Crippen LogP contribution in [-0.4, -0.2) is 48.7 Å². The molecular formula is C19H19FN2O3. The van der Waals surface area contributed by atoms with Crippen LogP contribution < -0.4 is 4.74 Å². The molecule has 25 heavy (non-hydrogen) atoms. The van der Waals surface area contributed by atoms with Gasteiger partial charge in [0.2, 0.25) is 0 Å². The molecule has 0 radical (unpaired) electrons. The summed E-state index contributed by atoms with van der Waals surface area (Å²) in [5, 5.41) is 0. The fraction of sp³-hybridized carbons (Fsp3) is 0.368. The Hall–Kier alpha value is -2.47. The number of aromatic nitrogens is 1. The van der Waals surface area contributed by atoms with Gasteiger partial charge in [-0.2, -0.15) is 0 Å². The molecule has 1 aromatic heterocycles. The van der Waals surface area contributed by atoms with Crippen LogP contribution in [0.25, 0.3) is 0 Å². The van der Waals surface area contributed by atoms with Crippen LogP contribution in [0, 0.1) is 17.2 Å². The lowest BCUT2D eigenvalue weighted by atomic mass is 9.82. The number of fused-ring (bicyclic) bond motifs is 1. The monoisotopic (exact) mass is 342 g/mol. The van der Waals surface area contributed by atoms with Gasteiger partial charge < -0.3 is 14.4 Å². The summed E-state index contributed by atoms with van der Waals surface area (Å²) in [6, 6.07) is 9.38. The Labute approximate surface area is 145 Å². The molecule has 0 bridgehead atoms. The van der Waals surface area contributed by atoms with E-state index in [1.807, 2.05) is 17.0 Å². The van der Waals surface area contributed by atoms with Crippen LogP contribution >= 0.6 is 0 Å². The largest absolute Gasteiger partial charge is 0.491 e. The molecule has 1 amide bonds. The summed E-state index contributed by atoms with van der Waals surface area (Å²) in [5.74, 6) is 0.541. The predicted octanol–water partition coefficient (Wildman–Crippen LogP) is 2.39. The molecule has 0 saturated carbocycles. The third kappa shape index (κ3) is 3.09.